The molecular weight excluding hydrogens is 392 g/mol. The summed E-state index contributed by atoms with van der Waals surface area (Å²) in [6.45, 7) is 0.132. The SMILES string of the molecule is COc1cccc(/C=C/C(=O)OCC(=O)N(CCC#N)C23CC4CC(CC(C4)C2)C3)c1. The van der Waals surface area contributed by atoms with Crippen LogP contribution in [0.1, 0.15) is 50.5 Å². The maximum absolute atomic E-state index is 13.1. The van der Waals surface area contributed by atoms with Crippen LogP contribution >= 0.6 is 0 Å². The van der Waals surface area contributed by atoms with Crippen molar-refractivity contribution in [3.8, 4) is 11.8 Å². The van der Waals surface area contributed by atoms with Crippen LogP contribution < -0.4 is 4.74 Å². The molecule has 0 spiro atoms. The normalized spacial score (nSPS) is 28.3. The molecule has 0 aliphatic heterocycles. The van der Waals surface area contributed by atoms with E-state index in [1.54, 1.807) is 13.2 Å². The molecular formula is C25H30N2O4. The fraction of sp³-hybridized carbons (Fsp3) is 0.560. The van der Waals surface area contributed by atoms with Crippen molar-refractivity contribution in [1.29, 1.82) is 5.26 Å². The van der Waals surface area contributed by atoms with E-state index in [2.05, 4.69) is 6.07 Å². The molecule has 1 aromatic carbocycles. The summed E-state index contributed by atoms with van der Waals surface area (Å²) in [4.78, 5) is 27.2. The molecule has 0 saturated heterocycles. The molecule has 6 heteroatoms. The molecule has 0 atom stereocenters. The largest absolute Gasteiger partial charge is 0.497 e. The molecule has 0 heterocycles. The smallest absolute Gasteiger partial charge is 0.331 e. The van der Waals surface area contributed by atoms with E-state index in [1.807, 2.05) is 29.2 Å². The van der Waals surface area contributed by atoms with Crippen molar-refractivity contribution in [2.45, 2.75) is 50.5 Å². The van der Waals surface area contributed by atoms with Crippen LogP contribution in [-0.2, 0) is 14.3 Å². The number of nitrogens with zero attached hydrogens (tertiary/aromatic N) is 2. The Hall–Kier alpha value is -2.81. The molecule has 0 unspecified atom stereocenters. The molecule has 1 amide bonds. The lowest BCUT2D eigenvalue weighted by Gasteiger charge is -2.60. The highest BCUT2D eigenvalue weighted by atomic mass is 16.5. The lowest BCUT2D eigenvalue weighted by molar-refractivity contribution is -0.160. The standard InChI is InChI=1S/C25H30N2O4/c1-30-22-5-2-4-18(13-22)6-7-24(29)31-17-23(28)27(9-3-8-26)25-14-19-10-20(15-25)12-21(11-19)16-25/h2,4-7,13,19-21H,3,9-12,14-17H2,1H3/b7-6+. The Kier molecular flexibility index (Phi) is 6.31. The predicted molar refractivity (Wildman–Crippen MR) is 116 cm³/mol. The summed E-state index contributed by atoms with van der Waals surface area (Å²) in [5, 5.41) is 9.12. The van der Waals surface area contributed by atoms with Gasteiger partial charge in [0.2, 0.25) is 0 Å². The molecule has 4 bridgehead atoms. The Morgan fingerprint density at radius 1 is 1.19 bits per heavy atom. The molecule has 0 N–H and O–H groups in total. The monoisotopic (exact) mass is 422 g/mol. The highest BCUT2D eigenvalue weighted by molar-refractivity contribution is 5.89. The molecule has 1 aromatic rings. The van der Waals surface area contributed by atoms with Crippen LogP contribution in [0.5, 0.6) is 5.75 Å². The van der Waals surface area contributed by atoms with Crippen molar-refractivity contribution in [2.24, 2.45) is 17.8 Å². The number of hydrogen-bond donors (Lipinski definition) is 0. The molecule has 4 fully saturated rings. The van der Waals surface area contributed by atoms with E-state index in [0.29, 0.717) is 36.5 Å². The van der Waals surface area contributed by atoms with E-state index in [-0.39, 0.29) is 18.1 Å². The van der Waals surface area contributed by atoms with Gasteiger partial charge in [0.1, 0.15) is 5.75 Å². The highest BCUT2D eigenvalue weighted by Crippen LogP contribution is 2.57. The van der Waals surface area contributed by atoms with Gasteiger partial charge in [-0.2, -0.15) is 5.26 Å². The molecule has 0 radical (unpaired) electrons. The third-order valence-electron chi connectivity index (χ3n) is 7.17. The van der Waals surface area contributed by atoms with Crippen molar-refractivity contribution < 1.29 is 19.1 Å². The molecule has 4 saturated carbocycles. The van der Waals surface area contributed by atoms with Crippen LogP contribution in [0.4, 0.5) is 0 Å². The van der Waals surface area contributed by atoms with Gasteiger partial charge < -0.3 is 14.4 Å². The third-order valence-corrected chi connectivity index (χ3v) is 7.17. The number of amides is 1. The number of ether oxygens (including phenoxy) is 2. The van der Waals surface area contributed by atoms with E-state index in [0.717, 1.165) is 24.8 Å². The third kappa shape index (κ3) is 4.76. The number of benzene rings is 1. The second kappa shape index (κ2) is 9.13. The fourth-order valence-corrected chi connectivity index (χ4v) is 6.35. The summed E-state index contributed by atoms with van der Waals surface area (Å²) in [5.41, 5.74) is 0.665. The van der Waals surface area contributed by atoms with Gasteiger partial charge in [0.25, 0.3) is 5.91 Å². The molecule has 4 aliphatic carbocycles. The van der Waals surface area contributed by atoms with Crippen LogP contribution in [0.25, 0.3) is 6.08 Å². The van der Waals surface area contributed by atoms with Gasteiger partial charge in [-0.25, -0.2) is 4.79 Å². The fourth-order valence-electron chi connectivity index (χ4n) is 6.35. The average molecular weight is 423 g/mol. The van der Waals surface area contributed by atoms with Gasteiger partial charge in [-0.1, -0.05) is 12.1 Å². The first-order valence-corrected chi connectivity index (χ1v) is 11.2. The predicted octanol–water partition coefficient (Wildman–Crippen LogP) is 3.96. The molecule has 31 heavy (non-hydrogen) atoms. The van der Waals surface area contributed by atoms with Crippen molar-refractivity contribution in [3.63, 3.8) is 0 Å². The number of hydrogen-bond acceptors (Lipinski definition) is 5. The van der Waals surface area contributed by atoms with Crippen LogP contribution in [0.3, 0.4) is 0 Å². The minimum Gasteiger partial charge on any atom is -0.497 e. The summed E-state index contributed by atoms with van der Waals surface area (Å²) in [5.74, 6) is 2.04. The number of carbonyl (C=O) groups is 2. The zero-order valence-electron chi connectivity index (χ0n) is 18.1. The second-order valence-electron chi connectivity index (χ2n) is 9.31. The van der Waals surface area contributed by atoms with Crippen LogP contribution in [0.15, 0.2) is 30.3 Å². The van der Waals surface area contributed by atoms with Gasteiger partial charge >= 0.3 is 5.97 Å². The van der Waals surface area contributed by atoms with Crippen molar-refractivity contribution in [2.75, 3.05) is 20.3 Å². The van der Waals surface area contributed by atoms with Crippen LogP contribution in [0, 0.1) is 29.1 Å². The minimum absolute atomic E-state index is 0.147. The summed E-state index contributed by atoms with van der Waals surface area (Å²) in [6.07, 6.45) is 10.2. The number of methoxy groups -OCH3 is 1. The van der Waals surface area contributed by atoms with Crippen molar-refractivity contribution in [3.05, 3.63) is 35.9 Å². The highest BCUT2D eigenvalue weighted by Gasteiger charge is 2.54. The quantitative estimate of drug-likeness (QED) is 0.468. The number of esters is 1. The summed E-state index contributed by atoms with van der Waals surface area (Å²) >= 11 is 0. The van der Waals surface area contributed by atoms with Crippen LogP contribution in [-0.4, -0.2) is 42.6 Å². The van der Waals surface area contributed by atoms with Gasteiger partial charge in [0.15, 0.2) is 6.61 Å². The van der Waals surface area contributed by atoms with Gasteiger partial charge in [0.05, 0.1) is 19.6 Å². The maximum atomic E-state index is 13.1. The lowest BCUT2D eigenvalue weighted by atomic mass is 9.52. The summed E-state index contributed by atoms with van der Waals surface area (Å²) in [6, 6.07) is 9.51. The van der Waals surface area contributed by atoms with E-state index in [4.69, 9.17) is 14.7 Å². The summed E-state index contributed by atoms with van der Waals surface area (Å²) in [7, 11) is 1.59. The van der Waals surface area contributed by atoms with E-state index in [9.17, 15) is 9.59 Å². The van der Waals surface area contributed by atoms with E-state index in [1.165, 1.54) is 25.3 Å². The second-order valence-corrected chi connectivity index (χ2v) is 9.31. The molecule has 164 valence electrons. The Balaban J connectivity index is 1.38. The first kappa shape index (κ1) is 21.4. The van der Waals surface area contributed by atoms with E-state index < -0.39 is 5.97 Å². The first-order chi connectivity index (χ1) is 15.0. The van der Waals surface area contributed by atoms with Gasteiger partial charge in [0, 0.05) is 18.2 Å². The Morgan fingerprint density at radius 2 is 1.87 bits per heavy atom. The molecule has 5 rings (SSSR count). The zero-order chi connectivity index (χ0) is 21.8. The first-order valence-electron chi connectivity index (χ1n) is 11.2. The molecule has 6 nitrogen and oxygen atoms in total. The van der Waals surface area contributed by atoms with Crippen molar-refractivity contribution in [1.82, 2.24) is 4.90 Å². The number of carbonyl (C=O) groups excluding carboxylic acids is 2. The topological polar surface area (TPSA) is 79.6 Å². The van der Waals surface area contributed by atoms with Gasteiger partial charge in [-0.3, -0.25) is 4.79 Å². The Labute approximate surface area is 183 Å². The van der Waals surface area contributed by atoms with Crippen LogP contribution in [0.2, 0.25) is 0 Å². The average Bonchev–Trinajstić information content (AvgIpc) is 2.75. The van der Waals surface area contributed by atoms with E-state index >= 15 is 0 Å². The maximum Gasteiger partial charge on any atom is 0.331 e. The minimum atomic E-state index is -0.554. The van der Waals surface area contributed by atoms with Gasteiger partial charge in [-0.15, -0.1) is 0 Å². The van der Waals surface area contributed by atoms with Crippen molar-refractivity contribution >= 4 is 18.0 Å². The molecule has 0 aromatic heterocycles. The lowest BCUT2D eigenvalue weighted by Crippen LogP contribution is -2.62. The van der Waals surface area contributed by atoms with Gasteiger partial charge in [-0.05, 0) is 80.1 Å². The molecule has 4 aliphatic rings. The Morgan fingerprint density at radius 3 is 2.48 bits per heavy atom. The number of nitriles is 1. The summed E-state index contributed by atoms with van der Waals surface area (Å²) < 4.78 is 10.5. The number of rotatable bonds is 8. The zero-order valence-corrected chi connectivity index (χ0v) is 18.1. The Bertz CT molecular complexity index is 866.